The number of rotatable bonds is 4. The van der Waals surface area contributed by atoms with E-state index in [4.69, 9.17) is 14.5 Å². The summed E-state index contributed by atoms with van der Waals surface area (Å²) in [6.07, 6.45) is 2.01. The molecule has 2 aromatic rings. The van der Waals surface area contributed by atoms with Crippen LogP contribution in [0.15, 0.2) is 59.6 Å². The van der Waals surface area contributed by atoms with E-state index in [1.165, 1.54) is 0 Å². The van der Waals surface area contributed by atoms with Gasteiger partial charge in [0, 0.05) is 36.5 Å². The highest BCUT2D eigenvalue weighted by Gasteiger charge is 2.25. The van der Waals surface area contributed by atoms with E-state index >= 15 is 0 Å². The van der Waals surface area contributed by atoms with E-state index in [1.807, 2.05) is 42.5 Å². The second-order valence-corrected chi connectivity index (χ2v) is 6.59. The van der Waals surface area contributed by atoms with Crippen molar-refractivity contribution in [2.24, 2.45) is 4.99 Å². The number of phenolic OH excluding ortho intramolecular Hbond substituents is 1. The lowest BCUT2D eigenvalue weighted by Crippen LogP contribution is -2.49. The van der Waals surface area contributed by atoms with Crippen LogP contribution in [-0.4, -0.2) is 61.0 Å². The number of ether oxygens (including phenoxy) is 2. The monoisotopic (exact) mass is 380 g/mol. The predicted molar refractivity (Wildman–Crippen MR) is 109 cm³/mol. The van der Waals surface area contributed by atoms with Crippen LogP contribution in [-0.2, 0) is 4.74 Å². The van der Waals surface area contributed by atoms with E-state index in [9.17, 15) is 5.11 Å². The molecular formula is C21H24N4O3. The number of hydrogen-bond donors (Lipinski definition) is 2. The number of aromatic hydroxyl groups is 1. The molecule has 0 amide bonds. The minimum Gasteiger partial charge on any atom is -0.508 e. The van der Waals surface area contributed by atoms with Gasteiger partial charge in [-0.25, -0.2) is 10.0 Å². The first-order chi connectivity index (χ1) is 13.7. The zero-order valence-corrected chi connectivity index (χ0v) is 15.8. The number of morpholine rings is 1. The quantitative estimate of drug-likeness (QED) is 0.850. The maximum Gasteiger partial charge on any atom is 0.129 e. The second kappa shape index (κ2) is 8.33. The van der Waals surface area contributed by atoms with Crippen LogP contribution in [0.2, 0.25) is 0 Å². The standard InChI is InChI=1S/C21H24N4O3/c1-27-19-7-3-5-17(13-19)23-21-14-20(16-4-2-6-18(26)12-16)25(15-22-21)24-8-10-28-11-9-24/h2-7,12-14,26H,8-11,15H2,1H3,(H,22,23). The minimum absolute atomic E-state index is 0.241. The number of hydrogen-bond acceptors (Lipinski definition) is 7. The normalized spacial score (nSPS) is 17.7. The summed E-state index contributed by atoms with van der Waals surface area (Å²) in [6.45, 7) is 3.51. The molecule has 146 valence electrons. The van der Waals surface area contributed by atoms with Gasteiger partial charge < -0.3 is 19.9 Å². The molecule has 2 heterocycles. The summed E-state index contributed by atoms with van der Waals surface area (Å²) < 4.78 is 10.8. The summed E-state index contributed by atoms with van der Waals surface area (Å²) in [5.41, 5.74) is 2.83. The van der Waals surface area contributed by atoms with E-state index in [0.717, 1.165) is 41.6 Å². The Morgan fingerprint density at radius 3 is 2.71 bits per heavy atom. The molecule has 2 aromatic carbocycles. The van der Waals surface area contributed by atoms with Crippen LogP contribution in [0.5, 0.6) is 11.5 Å². The van der Waals surface area contributed by atoms with Crippen molar-refractivity contribution in [3.05, 3.63) is 60.2 Å². The highest BCUT2D eigenvalue weighted by Crippen LogP contribution is 2.27. The van der Waals surface area contributed by atoms with Crippen molar-refractivity contribution in [3.8, 4) is 11.5 Å². The summed E-state index contributed by atoms with van der Waals surface area (Å²) in [5, 5.41) is 17.7. The molecule has 1 saturated heterocycles. The smallest absolute Gasteiger partial charge is 0.129 e. The number of hydrazine groups is 1. The van der Waals surface area contributed by atoms with Gasteiger partial charge in [0.2, 0.25) is 0 Å². The molecule has 7 heteroatoms. The van der Waals surface area contributed by atoms with Crippen molar-refractivity contribution in [2.45, 2.75) is 0 Å². The number of aliphatic imine (C=N–C) groups is 1. The van der Waals surface area contributed by atoms with Crippen LogP contribution in [0.3, 0.4) is 0 Å². The first-order valence-electron chi connectivity index (χ1n) is 9.30. The van der Waals surface area contributed by atoms with Crippen LogP contribution in [0, 0.1) is 0 Å². The van der Waals surface area contributed by atoms with Crippen molar-refractivity contribution in [3.63, 3.8) is 0 Å². The van der Waals surface area contributed by atoms with Gasteiger partial charge in [0.1, 0.15) is 24.0 Å². The van der Waals surface area contributed by atoms with E-state index < -0.39 is 0 Å². The lowest BCUT2D eigenvalue weighted by molar-refractivity contribution is -0.0552. The Kier molecular flexibility index (Phi) is 5.45. The molecule has 28 heavy (non-hydrogen) atoms. The molecule has 0 spiro atoms. The number of amidine groups is 1. The molecule has 0 unspecified atom stereocenters. The Hall–Kier alpha value is -3.03. The van der Waals surface area contributed by atoms with E-state index in [2.05, 4.69) is 15.3 Å². The minimum atomic E-state index is 0.241. The van der Waals surface area contributed by atoms with E-state index in [0.29, 0.717) is 19.9 Å². The van der Waals surface area contributed by atoms with Crippen LogP contribution in [0.25, 0.3) is 5.70 Å². The van der Waals surface area contributed by atoms with E-state index in [1.54, 1.807) is 19.2 Å². The lowest BCUT2D eigenvalue weighted by Gasteiger charge is -2.40. The highest BCUT2D eigenvalue weighted by atomic mass is 16.5. The van der Waals surface area contributed by atoms with Gasteiger partial charge in [-0.15, -0.1) is 0 Å². The molecule has 0 atom stereocenters. The van der Waals surface area contributed by atoms with Gasteiger partial charge >= 0.3 is 0 Å². The highest BCUT2D eigenvalue weighted by molar-refractivity contribution is 6.08. The Balaban J connectivity index is 1.63. The number of nitrogens with one attached hydrogen (secondary N) is 1. The number of nitrogens with zero attached hydrogens (tertiary/aromatic N) is 3. The van der Waals surface area contributed by atoms with Crippen LogP contribution >= 0.6 is 0 Å². The number of anilines is 1. The van der Waals surface area contributed by atoms with Gasteiger partial charge in [-0.3, -0.25) is 5.01 Å². The molecule has 0 radical (unpaired) electrons. The molecule has 7 nitrogen and oxygen atoms in total. The summed E-state index contributed by atoms with van der Waals surface area (Å²) in [5.74, 6) is 1.79. The summed E-state index contributed by atoms with van der Waals surface area (Å²) in [6, 6.07) is 15.0. The van der Waals surface area contributed by atoms with Crippen molar-refractivity contribution >= 4 is 17.2 Å². The Labute approximate surface area is 164 Å². The van der Waals surface area contributed by atoms with Gasteiger partial charge in [-0.1, -0.05) is 18.2 Å². The van der Waals surface area contributed by atoms with Gasteiger partial charge in [0.15, 0.2) is 0 Å². The Bertz CT molecular complexity index is 891. The summed E-state index contributed by atoms with van der Waals surface area (Å²) >= 11 is 0. The van der Waals surface area contributed by atoms with Crippen LogP contribution in [0.1, 0.15) is 5.56 Å². The molecule has 4 rings (SSSR count). The number of methoxy groups -OCH3 is 1. The first-order valence-corrected chi connectivity index (χ1v) is 9.30. The van der Waals surface area contributed by atoms with Gasteiger partial charge in [-0.05, 0) is 24.3 Å². The zero-order valence-electron chi connectivity index (χ0n) is 15.8. The first kappa shape index (κ1) is 18.3. The molecular weight excluding hydrogens is 356 g/mol. The SMILES string of the molecule is COc1cccc(NC2=NCN(N3CCOCC3)C(c3cccc(O)c3)=C2)c1. The van der Waals surface area contributed by atoms with E-state index in [-0.39, 0.29) is 5.75 Å². The van der Waals surface area contributed by atoms with Crippen molar-refractivity contribution in [2.75, 3.05) is 45.4 Å². The van der Waals surface area contributed by atoms with Crippen molar-refractivity contribution in [1.82, 2.24) is 10.0 Å². The molecule has 0 aromatic heterocycles. The lowest BCUT2D eigenvalue weighted by atomic mass is 10.1. The van der Waals surface area contributed by atoms with Gasteiger partial charge in [0.25, 0.3) is 0 Å². The zero-order chi connectivity index (χ0) is 19.3. The molecule has 2 aliphatic rings. The Morgan fingerprint density at radius 2 is 1.93 bits per heavy atom. The summed E-state index contributed by atoms with van der Waals surface area (Å²) in [4.78, 5) is 4.70. The molecule has 2 N–H and O–H groups in total. The second-order valence-electron chi connectivity index (χ2n) is 6.59. The third-order valence-corrected chi connectivity index (χ3v) is 4.74. The third-order valence-electron chi connectivity index (χ3n) is 4.74. The maximum atomic E-state index is 9.96. The van der Waals surface area contributed by atoms with Crippen LogP contribution in [0.4, 0.5) is 5.69 Å². The molecule has 0 bridgehead atoms. The fraction of sp³-hybridized carbons (Fsp3) is 0.286. The Morgan fingerprint density at radius 1 is 1.11 bits per heavy atom. The topological polar surface area (TPSA) is 69.6 Å². The van der Waals surface area contributed by atoms with Crippen LogP contribution < -0.4 is 10.1 Å². The average molecular weight is 380 g/mol. The van der Waals surface area contributed by atoms with Crippen molar-refractivity contribution in [1.29, 1.82) is 0 Å². The molecule has 1 fully saturated rings. The maximum absolute atomic E-state index is 9.96. The number of phenols is 1. The number of benzene rings is 2. The van der Waals surface area contributed by atoms with Gasteiger partial charge in [0.05, 0.1) is 26.0 Å². The van der Waals surface area contributed by atoms with Crippen molar-refractivity contribution < 1.29 is 14.6 Å². The van der Waals surface area contributed by atoms with Gasteiger partial charge in [-0.2, -0.15) is 0 Å². The molecule has 2 aliphatic heterocycles. The summed E-state index contributed by atoms with van der Waals surface area (Å²) in [7, 11) is 1.65. The molecule has 0 aliphatic carbocycles. The largest absolute Gasteiger partial charge is 0.508 e. The third kappa shape index (κ3) is 4.11. The molecule has 0 saturated carbocycles. The fourth-order valence-corrected chi connectivity index (χ4v) is 3.33. The fourth-order valence-electron chi connectivity index (χ4n) is 3.33. The predicted octanol–water partition coefficient (Wildman–Crippen LogP) is 2.77. The average Bonchev–Trinajstić information content (AvgIpc) is 2.74.